The summed E-state index contributed by atoms with van der Waals surface area (Å²) >= 11 is 1.28. The zero-order chi connectivity index (χ0) is 21.4. The highest BCUT2D eigenvalue weighted by Crippen LogP contribution is 2.23. The van der Waals surface area contributed by atoms with E-state index in [0.717, 1.165) is 0 Å². The largest absolute Gasteiger partial charge is 0.497 e. The molecule has 29 heavy (non-hydrogen) atoms. The average Bonchev–Trinajstić information content (AvgIpc) is 3.27. The molecule has 8 nitrogen and oxygen atoms in total. The number of rotatable bonds is 9. The Labute approximate surface area is 173 Å². The van der Waals surface area contributed by atoms with Crippen molar-refractivity contribution in [1.29, 1.82) is 0 Å². The maximum Gasteiger partial charge on any atom is 0.325 e. The third kappa shape index (κ3) is 6.21. The van der Waals surface area contributed by atoms with Gasteiger partial charge in [-0.15, -0.1) is 11.3 Å². The van der Waals surface area contributed by atoms with Gasteiger partial charge in [0.15, 0.2) is 0 Å². The van der Waals surface area contributed by atoms with Crippen LogP contribution in [0.2, 0.25) is 0 Å². The summed E-state index contributed by atoms with van der Waals surface area (Å²) in [6.07, 6.45) is 0. The van der Waals surface area contributed by atoms with Gasteiger partial charge in [0.2, 0.25) is 5.91 Å². The predicted octanol–water partition coefficient (Wildman–Crippen LogP) is 2.09. The summed E-state index contributed by atoms with van der Waals surface area (Å²) < 4.78 is 15.2. The van der Waals surface area contributed by atoms with E-state index in [0.29, 0.717) is 21.9 Å². The molecule has 0 spiro atoms. The molecular weight excluding hydrogens is 396 g/mol. The minimum Gasteiger partial charge on any atom is -0.497 e. The summed E-state index contributed by atoms with van der Waals surface area (Å²) in [6.45, 7) is 1.43. The highest BCUT2D eigenvalue weighted by molar-refractivity contribution is 7.12. The number of carbonyl (C=O) groups excluding carboxylic acids is 3. The van der Waals surface area contributed by atoms with Gasteiger partial charge < -0.3 is 24.4 Å². The van der Waals surface area contributed by atoms with Crippen LogP contribution in [0.1, 0.15) is 22.2 Å². The number of benzene rings is 1. The molecule has 1 heterocycles. The number of hydrogen-bond donors (Lipinski definition) is 1. The molecule has 0 radical (unpaired) electrons. The predicted molar refractivity (Wildman–Crippen MR) is 108 cm³/mol. The number of nitrogens with zero attached hydrogens (tertiary/aromatic N) is 1. The third-order valence-corrected chi connectivity index (χ3v) is 4.98. The summed E-state index contributed by atoms with van der Waals surface area (Å²) in [7, 11) is 4.30. The molecular formula is C20H24N2O6S. The van der Waals surface area contributed by atoms with Crippen molar-refractivity contribution in [3.8, 4) is 11.5 Å². The lowest BCUT2D eigenvalue weighted by molar-refractivity contribution is -0.147. The number of thiophene rings is 1. The van der Waals surface area contributed by atoms with E-state index in [1.807, 2.05) is 0 Å². The fourth-order valence-corrected chi connectivity index (χ4v) is 3.25. The molecule has 0 bridgehead atoms. The van der Waals surface area contributed by atoms with Gasteiger partial charge in [-0.25, -0.2) is 0 Å². The molecule has 0 saturated carbocycles. The van der Waals surface area contributed by atoms with Crippen LogP contribution < -0.4 is 14.8 Å². The van der Waals surface area contributed by atoms with E-state index in [1.165, 1.54) is 37.6 Å². The Bertz CT molecular complexity index is 830. The molecule has 1 N–H and O–H groups in total. The monoisotopic (exact) mass is 420 g/mol. The quantitative estimate of drug-likeness (QED) is 0.625. The Balaban J connectivity index is 2.19. The van der Waals surface area contributed by atoms with Gasteiger partial charge in [-0.3, -0.25) is 14.4 Å². The molecule has 1 aromatic carbocycles. The summed E-state index contributed by atoms with van der Waals surface area (Å²) in [5, 5.41) is 4.44. The van der Waals surface area contributed by atoms with E-state index in [-0.39, 0.29) is 19.0 Å². The number of amides is 2. The molecule has 0 saturated heterocycles. The highest BCUT2D eigenvalue weighted by Gasteiger charge is 2.25. The highest BCUT2D eigenvalue weighted by atomic mass is 32.1. The van der Waals surface area contributed by atoms with Crippen LogP contribution in [0.25, 0.3) is 0 Å². The zero-order valence-corrected chi connectivity index (χ0v) is 17.6. The molecule has 0 aliphatic heterocycles. The van der Waals surface area contributed by atoms with Crippen molar-refractivity contribution in [2.75, 3.05) is 27.9 Å². The SMILES string of the molecule is COC(=O)CN(Cc1cc(OC)cc(OC)c1)C(=O)C(C)NC(=O)c1cccs1. The molecule has 1 aromatic heterocycles. The number of hydrogen-bond acceptors (Lipinski definition) is 7. The second-order valence-corrected chi connectivity index (χ2v) is 7.11. The standard InChI is InChI=1S/C20H24N2O6S/c1-13(21-19(24)17-6-5-7-29-17)20(25)22(12-18(23)28-4)11-14-8-15(26-2)10-16(9-14)27-3/h5-10,13H,11-12H2,1-4H3,(H,21,24). The van der Waals surface area contributed by atoms with Crippen molar-refractivity contribution in [1.82, 2.24) is 10.2 Å². The number of methoxy groups -OCH3 is 3. The van der Waals surface area contributed by atoms with Crippen LogP contribution in [0.15, 0.2) is 35.7 Å². The van der Waals surface area contributed by atoms with Crippen LogP contribution in [-0.2, 0) is 20.9 Å². The molecule has 156 valence electrons. The Morgan fingerprint density at radius 1 is 1.10 bits per heavy atom. The van der Waals surface area contributed by atoms with Gasteiger partial charge >= 0.3 is 5.97 Å². The summed E-state index contributed by atoms with van der Waals surface area (Å²) in [4.78, 5) is 38.9. The minimum atomic E-state index is -0.832. The second-order valence-electron chi connectivity index (χ2n) is 6.16. The van der Waals surface area contributed by atoms with Gasteiger partial charge in [0.25, 0.3) is 5.91 Å². The summed E-state index contributed by atoms with van der Waals surface area (Å²) in [6, 6.07) is 7.79. The smallest absolute Gasteiger partial charge is 0.325 e. The van der Waals surface area contributed by atoms with Gasteiger partial charge in [-0.2, -0.15) is 0 Å². The maximum atomic E-state index is 13.0. The molecule has 0 aliphatic rings. The topological polar surface area (TPSA) is 94.2 Å². The zero-order valence-electron chi connectivity index (χ0n) is 16.8. The number of ether oxygens (including phenoxy) is 3. The average molecular weight is 420 g/mol. The second kappa shape index (κ2) is 10.5. The molecule has 2 aromatic rings. The van der Waals surface area contributed by atoms with Crippen molar-refractivity contribution < 1.29 is 28.6 Å². The van der Waals surface area contributed by atoms with E-state index < -0.39 is 17.9 Å². The van der Waals surface area contributed by atoms with Gasteiger partial charge in [0.1, 0.15) is 24.1 Å². The first-order valence-corrected chi connectivity index (χ1v) is 9.67. The van der Waals surface area contributed by atoms with Gasteiger partial charge in [-0.1, -0.05) is 6.07 Å². The maximum absolute atomic E-state index is 13.0. The Hall–Kier alpha value is -3.07. The molecule has 1 unspecified atom stereocenters. The van der Waals surface area contributed by atoms with E-state index in [9.17, 15) is 14.4 Å². The lowest BCUT2D eigenvalue weighted by atomic mass is 10.1. The van der Waals surface area contributed by atoms with Crippen LogP contribution >= 0.6 is 11.3 Å². The minimum absolute atomic E-state index is 0.112. The van der Waals surface area contributed by atoms with Crippen LogP contribution in [0, 0.1) is 0 Å². The number of carbonyl (C=O) groups is 3. The first-order chi connectivity index (χ1) is 13.9. The van der Waals surface area contributed by atoms with Gasteiger partial charge in [0.05, 0.1) is 26.2 Å². The van der Waals surface area contributed by atoms with Crippen LogP contribution in [0.5, 0.6) is 11.5 Å². The van der Waals surface area contributed by atoms with Crippen molar-refractivity contribution in [2.24, 2.45) is 0 Å². The number of nitrogens with one attached hydrogen (secondary N) is 1. The normalized spacial score (nSPS) is 11.3. The Kier molecular flexibility index (Phi) is 8.02. The third-order valence-electron chi connectivity index (χ3n) is 4.11. The van der Waals surface area contributed by atoms with Crippen molar-refractivity contribution in [3.63, 3.8) is 0 Å². The lowest BCUT2D eigenvalue weighted by Gasteiger charge is -2.25. The fraction of sp³-hybridized carbons (Fsp3) is 0.350. The van der Waals surface area contributed by atoms with E-state index >= 15 is 0 Å². The first-order valence-electron chi connectivity index (χ1n) is 8.79. The Morgan fingerprint density at radius 2 is 1.76 bits per heavy atom. The van der Waals surface area contributed by atoms with E-state index in [4.69, 9.17) is 14.2 Å². The van der Waals surface area contributed by atoms with Crippen molar-refractivity contribution in [3.05, 3.63) is 46.2 Å². The molecule has 1 atom stereocenters. The van der Waals surface area contributed by atoms with Crippen LogP contribution in [0.4, 0.5) is 0 Å². The first kappa shape index (κ1) is 22.2. The van der Waals surface area contributed by atoms with Crippen LogP contribution in [0.3, 0.4) is 0 Å². The van der Waals surface area contributed by atoms with Gasteiger partial charge in [0, 0.05) is 12.6 Å². The lowest BCUT2D eigenvalue weighted by Crippen LogP contribution is -2.48. The summed E-state index contributed by atoms with van der Waals surface area (Å²) in [5.41, 5.74) is 0.704. The fourth-order valence-electron chi connectivity index (χ4n) is 2.62. The van der Waals surface area contributed by atoms with Gasteiger partial charge in [-0.05, 0) is 36.1 Å². The van der Waals surface area contributed by atoms with E-state index in [2.05, 4.69) is 5.32 Å². The van der Waals surface area contributed by atoms with Crippen LogP contribution in [-0.4, -0.2) is 56.6 Å². The molecule has 0 fully saturated rings. The molecule has 2 rings (SSSR count). The summed E-state index contributed by atoms with van der Waals surface area (Å²) in [5.74, 6) is -0.207. The van der Waals surface area contributed by atoms with Crippen molar-refractivity contribution in [2.45, 2.75) is 19.5 Å². The van der Waals surface area contributed by atoms with E-state index in [1.54, 1.807) is 42.6 Å². The Morgan fingerprint density at radius 3 is 2.28 bits per heavy atom. The molecule has 9 heteroatoms. The molecule has 2 amide bonds. The number of esters is 1. The van der Waals surface area contributed by atoms with Crippen molar-refractivity contribution >= 4 is 29.1 Å². The molecule has 0 aliphatic carbocycles.